The fourth-order valence-corrected chi connectivity index (χ4v) is 8.60. The van der Waals surface area contributed by atoms with Gasteiger partial charge in [-0.2, -0.15) is 0 Å². The summed E-state index contributed by atoms with van der Waals surface area (Å²) in [6.07, 6.45) is 2.04. The quantitative estimate of drug-likeness (QED) is 0.412. The number of fused-ring (bicyclic) bond motifs is 3. The van der Waals surface area contributed by atoms with Crippen LogP contribution in [0.5, 0.6) is 0 Å². The molecule has 1 unspecified atom stereocenters. The smallest absolute Gasteiger partial charge is 0.170 e. The first-order valence-electron chi connectivity index (χ1n) is 13.1. The van der Waals surface area contributed by atoms with E-state index in [0.717, 1.165) is 38.6 Å². The summed E-state index contributed by atoms with van der Waals surface area (Å²) in [4.78, 5) is 19.5. The molecule has 182 valence electrons. The molecule has 4 nitrogen and oxygen atoms in total. The molecule has 5 atom stereocenters. The lowest BCUT2D eigenvalue weighted by molar-refractivity contribution is -0.168. The molecular weight excluding hydrogens is 456 g/mol. The van der Waals surface area contributed by atoms with E-state index >= 15 is 4.79 Å². The van der Waals surface area contributed by atoms with Crippen LogP contribution in [0.3, 0.4) is 0 Å². The van der Waals surface area contributed by atoms with Gasteiger partial charge in [-0.25, -0.2) is 0 Å². The lowest BCUT2D eigenvalue weighted by Gasteiger charge is -2.47. The Morgan fingerprint density at radius 2 is 1.54 bits per heavy atom. The highest BCUT2D eigenvalue weighted by molar-refractivity contribution is 6.09. The van der Waals surface area contributed by atoms with Crippen molar-refractivity contribution in [1.82, 2.24) is 9.80 Å². The average molecular weight is 485 g/mol. The molecule has 3 fully saturated rings. The maximum Gasteiger partial charge on any atom is 0.170 e. The molecule has 37 heavy (non-hydrogen) atoms. The highest BCUT2D eigenvalue weighted by Crippen LogP contribution is 2.75. The summed E-state index contributed by atoms with van der Waals surface area (Å²) in [7, 11) is 2.11. The zero-order valence-electron chi connectivity index (χ0n) is 20.8. The van der Waals surface area contributed by atoms with Crippen LogP contribution in [0, 0.1) is 5.41 Å². The molecule has 4 heteroatoms. The molecule has 4 aromatic rings. The number of aliphatic hydroxyl groups is 1. The summed E-state index contributed by atoms with van der Waals surface area (Å²) in [5.41, 5.74) is 1.94. The van der Waals surface area contributed by atoms with Crippen LogP contribution in [-0.2, 0) is 16.1 Å². The van der Waals surface area contributed by atoms with Crippen molar-refractivity contribution in [1.29, 1.82) is 0 Å². The predicted molar refractivity (Wildman–Crippen MR) is 145 cm³/mol. The Labute approximate surface area is 216 Å². The molecule has 3 aliphatic heterocycles. The number of piperidine rings is 1. The number of ketones is 1. The molecule has 8 rings (SSSR count). The topological polar surface area (TPSA) is 43.8 Å². The van der Waals surface area contributed by atoms with Crippen molar-refractivity contribution in [3.05, 3.63) is 125 Å². The number of benzene rings is 4. The molecular formula is C33H28N2O2. The van der Waals surface area contributed by atoms with E-state index in [2.05, 4.69) is 71.4 Å². The molecule has 2 bridgehead atoms. The Balaban J connectivity index is 1.47. The Morgan fingerprint density at radius 3 is 2.27 bits per heavy atom. The molecule has 0 aromatic heterocycles. The lowest BCUT2D eigenvalue weighted by atomic mass is 9.57. The number of carbonyl (C=O) groups excluding carboxylic acids is 1. The normalized spacial score (nSPS) is 34.8. The fraction of sp³-hybridized carbons (Fsp3) is 0.242. The van der Waals surface area contributed by atoms with Crippen molar-refractivity contribution in [2.45, 2.75) is 17.2 Å². The van der Waals surface area contributed by atoms with Gasteiger partial charge in [0.2, 0.25) is 0 Å². The van der Waals surface area contributed by atoms with Gasteiger partial charge in [-0.3, -0.25) is 14.6 Å². The van der Waals surface area contributed by atoms with Crippen LogP contribution < -0.4 is 0 Å². The summed E-state index contributed by atoms with van der Waals surface area (Å²) in [6, 6.07) is 33.1. The van der Waals surface area contributed by atoms with Crippen molar-refractivity contribution in [3.63, 3.8) is 0 Å². The molecule has 2 spiro atoms. The van der Waals surface area contributed by atoms with Gasteiger partial charge in [0.1, 0.15) is 5.54 Å². The number of nitrogens with zero attached hydrogens (tertiary/aromatic N) is 2. The zero-order valence-corrected chi connectivity index (χ0v) is 20.8. The number of carbonyl (C=O) groups is 1. The highest BCUT2D eigenvalue weighted by Gasteiger charge is 2.85. The Hall–Kier alpha value is -3.57. The molecule has 1 N–H and O–H groups in total. The van der Waals surface area contributed by atoms with Gasteiger partial charge in [0, 0.05) is 36.7 Å². The number of hydrogen-bond donors (Lipinski definition) is 1. The summed E-state index contributed by atoms with van der Waals surface area (Å²) >= 11 is 0. The van der Waals surface area contributed by atoms with Gasteiger partial charge >= 0.3 is 0 Å². The minimum absolute atomic E-state index is 0.0493. The molecule has 3 heterocycles. The Kier molecular flexibility index (Phi) is 4.10. The molecule has 0 saturated carbocycles. The van der Waals surface area contributed by atoms with E-state index in [0.29, 0.717) is 19.6 Å². The van der Waals surface area contributed by atoms with E-state index < -0.39 is 16.7 Å². The molecule has 4 aromatic carbocycles. The second-order valence-electron chi connectivity index (χ2n) is 11.2. The van der Waals surface area contributed by atoms with Gasteiger partial charge in [-0.05, 0) is 40.6 Å². The van der Waals surface area contributed by atoms with E-state index in [1.165, 1.54) is 0 Å². The van der Waals surface area contributed by atoms with Crippen LogP contribution in [0.15, 0.2) is 103 Å². The summed E-state index contributed by atoms with van der Waals surface area (Å²) in [5.74, 6) is 0.123. The number of Topliss-reactive ketones (excluding diaryl/α,β-unsaturated/α-hetero) is 1. The van der Waals surface area contributed by atoms with Crippen molar-refractivity contribution in [2.75, 3.05) is 26.7 Å². The van der Waals surface area contributed by atoms with Gasteiger partial charge in [-0.1, -0.05) is 97.1 Å². The van der Waals surface area contributed by atoms with Gasteiger partial charge in [-0.15, -0.1) is 0 Å². The molecule has 4 aliphatic rings. The summed E-state index contributed by atoms with van der Waals surface area (Å²) < 4.78 is 0. The maximum atomic E-state index is 15.0. The monoisotopic (exact) mass is 484 g/mol. The summed E-state index contributed by atoms with van der Waals surface area (Å²) in [5, 5.41) is 15.4. The van der Waals surface area contributed by atoms with Crippen LogP contribution in [0.1, 0.15) is 28.2 Å². The van der Waals surface area contributed by atoms with E-state index in [1.807, 2.05) is 48.5 Å². The molecule has 0 radical (unpaired) electrons. The number of hydrogen-bond acceptors (Lipinski definition) is 4. The van der Waals surface area contributed by atoms with Crippen LogP contribution >= 0.6 is 0 Å². The van der Waals surface area contributed by atoms with Gasteiger partial charge < -0.3 is 5.11 Å². The Bertz CT molecular complexity index is 1630. The van der Waals surface area contributed by atoms with Gasteiger partial charge in [0.25, 0.3) is 0 Å². The first kappa shape index (κ1) is 21.5. The SMILES string of the molecule is CN1C[C@H](c2ccccc2)[C@@]23CN(C/C(=C\c4ccccc4)C2=O)[C@@]2(O)c4cccc5cccc(c45)[C@@]132. The third-order valence-electron chi connectivity index (χ3n) is 9.74. The van der Waals surface area contributed by atoms with Gasteiger partial charge in [0.15, 0.2) is 11.5 Å². The predicted octanol–water partition coefficient (Wildman–Crippen LogP) is 4.89. The second kappa shape index (κ2) is 7.05. The zero-order chi connectivity index (χ0) is 25.0. The molecule has 3 saturated heterocycles. The molecule has 1 aliphatic carbocycles. The third kappa shape index (κ3) is 2.25. The van der Waals surface area contributed by atoms with Crippen LogP contribution in [0.25, 0.3) is 16.8 Å². The number of rotatable bonds is 2. The van der Waals surface area contributed by atoms with E-state index in [-0.39, 0.29) is 11.7 Å². The second-order valence-corrected chi connectivity index (χ2v) is 11.2. The van der Waals surface area contributed by atoms with Crippen molar-refractivity contribution in [2.24, 2.45) is 5.41 Å². The van der Waals surface area contributed by atoms with E-state index in [4.69, 9.17) is 0 Å². The number of likely N-dealkylation sites (tertiary alicyclic amines) is 1. The lowest BCUT2D eigenvalue weighted by Crippen LogP contribution is -2.60. The van der Waals surface area contributed by atoms with Crippen LogP contribution in [0.2, 0.25) is 0 Å². The standard InChI is InChI=1S/C33H28N2O2/c1-34-20-28(23-12-6-3-7-13-23)31-21-35(19-25(30(31)36)18-22-10-4-2-5-11-22)33(37)27-17-9-15-24-14-8-16-26(29(24)27)32(31,33)34/h2-18,28,37H,19-21H2,1H3/b25-18+/t28-,31+,32-,33-/m1/s1. The van der Waals surface area contributed by atoms with E-state index in [9.17, 15) is 5.11 Å². The first-order chi connectivity index (χ1) is 18.0. The fourth-order valence-electron chi connectivity index (χ4n) is 8.60. The maximum absolute atomic E-state index is 15.0. The average Bonchev–Trinajstić information content (AvgIpc) is 3.42. The van der Waals surface area contributed by atoms with Crippen molar-refractivity contribution >= 4 is 22.6 Å². The highest BCUT2D eigenvalue weighted by atomic mass is 16.3. The van der Waals surface area contributed by atoms with Crippen molar-refractivity contribution < 1.29 is 9.90 Å². The van der Waals surface area contributed by atoms with Gasteiger partial charge in [0.05, 0.1) is 5.41 Å². The third-order valence-corrected chi connectivity index (χ3v) is 9.74. The van der Waals surface area contributed by atoms with Crippen LogP contribution in [-0.4, -0.2) is 47.4 Å². The summed E-state index contributed by atoms with van der Waals surface area (Å²) in [6.45, 7) is 1.66. The largest absolute Gasteiger partial charge is 0.369 e. The Morgan fingerprint density at radius 1 is 0.865 bits per heavy atom. The number of likely N-dealkylation sites (N-methyl/N-ethyl adjacent to an activating group) is 1. The van der Waals surface area contributed by atoms with Crippen molar-refractivity contribution in [3.8, 4) is 0 Å². The minimum Gasteiger partial charge on any atom is -0.369 e. The molecule has 0 amide bonds. The minimum atomic E-state index is -1.31. The van der Waals surface area contributed by atoms with Crippen LogP contribution in [0.4, 0.5) is 0 Å². The first-order valence-corrected chi connectivity index (χ1v) is 13.1. The van der Waals surface area contributed by atoms with E-state index in [1.54, 1.807) is 0 Å².